The van der Waals surface area contributed by atoms with Gasteiger partial charge in [0, 0.05) is 6.42 Å². The Morgan fingerprint density at radius 2 is 2.17 bits per heavy atom. The molecular weight excluding hydrogens is 275 g/mol. The van der Waals surface area contributed by atoms with E-state index >= 15 is 0 Å². The van der Waals surface area contributed by atoms with Crippen molar-refractivity contribution in [3.8, 4) is 0 Å². The Balaban J connectivity index is 1.94. The van der Waals surface area contributed by atoms with Gasteiger partial charge in [0.25, 0.3) is 0 Å². The maximum Gasteiger partial charge on any atom is 0.224 e. The summed E-state index contributed by atoms with van der Waals surface area (Å²) >= 11 is 11.7. The van der Waals surface area contributed by atoms with Gasteiger partial charge in [-0.2, -0.15) is 0 Å². The highest BCUT2D eigenvalue weighted by atomic mass is 35.5. The first-order valence-corrected chi connectivity index (χ1v) is 6.59. The molecule has 2 rings (SSSR count). The fourth-order valence-corrected chi connectivity index (χ4v) is 2.41. The van der Waals surface area contributed by atoms with E-state index in [0.717, 1.165) is 25.9 Å². The first kappa shape index (κ1) is 13.5. The second-order valence-corrected chi connectivity index (χ2v) is 5.01. The number of anilines is 1. The number of piperidine rings is 1. The predicted octanol–water partition coefficient (Wildman–Crippen LogP) is 2.11. The molecule has 1 aromatic rings. The highest BCUT2D eigenvalue weighted by Crippen LogP contribution is 2.26. The number of aromatic nitrogens is 2. The third-order valence-corrected chi connectivity index (χ3v) is 3.47. The van der Waals surface area contributed by atoms with Crippen LogP contribution in [0.3, 0.4) is 0 Å². The number of rotatable bonds is 3. The van der Waals surface area contributed by atoms with Crippen molar-refractivity contribution in [2.24, 2.45) is 5.92 Å². The Hall–Kier alpha value is -0.910. The summed E-state index contributed by atoms with van der Waals surface area (Å²) in [6.07, 6.45) is 3.88. The standard InChI is InChI=1S/C11H14Cl2N4O/c12-10-9(11(13)16-6-15-10)17-8(18)4-7-2-1-3-14-5-7/h6-7,14H,1-5H2,(H,17,18). The summed E-state index contributed by atoms with van der Waals surface area (Å²) in [5, 5.41) is 6.26. The number of carbonyl (C=O) groups is 1. The molecular formula is C11H14Cl2N4O. The largest absolute Gasteiger partial charge is 0.321 e. The van der Waals surface area contributed by atoms with E-state index < -0.39 is 0 Å². The molecule has 5 nitrogen and oxygen atoms in total. The lowest BCUT2D eigenvalue weighted by molar-refractivity contribution is -0.117. The lowest BCUT2D eigenvalue weighted by atomic mass is 9.96. The number of hydrogen-bond donors (Lipinski definition) is 2. The van der Waals surface area contributed by atoms with Gasteiger partial charge in [-0.05, 0) is 31.8 Å². The molecule has 1 aliphatic heterocycles. The summed E-state index contributed by atoms with van der Waals surface area (Å²) in [5.74, 6) is 0.253. The Bertz CT molecular complexity index is 415. The molecule has 0 aliphatic carbocycles. The molecule has 7 heteroatoms. The molecule has 2 N–H and O–H groups in total. The third kappa shape index (κ3) is 3.54. The third-order valence-electron chi connectivity index (χ3n) is 2.89. The zero-order valence-corrected chi connectivity index (χ0v) is 11.3. The molecule has 0 radical (unpaired) electrons. The van der Waals surface area contributed by atoms with Gasteiger partial charge >= 0.3 is 0 Å². The van der Waals surface area contributed by atoms with Crippen LogP contribution >= 0.6 is 23.2 Å². The first-order chi connectivity index (χ1) is 8.66. The van der Waals surface area contributed by atoms with Gasteiger partial charge in [0.05, 0.1) is 0 Å². The van der Waals surface area contributed by atoms with E-state index in [1.807, 2.05) is 0 Å². The van der Waals surface area contributed by atoms with Gasteiger partial charge in [0.1, 0.15) is 12.0 Å². The summed E-state index contributed by atoms with van der Waals surface area (Å²) in [6.45, 7) is 1.91. The molecule has 1 saturated heterocycles. The van der Waals surface area contributed by atoms with Crippen molar-refractivity contribution >= 4 is 34.8 Å². The molecule has 1 aromatic heterocycles. The fourth-order valence-electron chi connectivity index (χ4n) is 2.00. The first-order valence-electron chi connectivity index (χ1n) is 5.83. The average molecular weight is 289 g/mol. The van der Waals surface area contributed by atoms with Crippen LogP contribution in [0, 0.1) is 5.92 Å². The maximum absolute atomic E-state index is 11.9. The van der Waals surface area contributed by atoms with Crippen LogP contribution in [0.15, 0.2) is 6.33 Å². The molecule has 1 atom stereocenters. The van der Waals surface area contributed by atoms with Crippen LogP contribution in [0.25, 0.3) is 0 Å². The SMILES string of the molecule is O=C(CC1CCCNC1)Nc1c(Cl)ncnc1Cl. The molecule has 1 fully saturated rings. The molecule has 0 spiro atoms. The number of halogens is 2. The van der Waals surface area contributed by atoms with Crippen molar-refractivity contribution in [3.63, 3.8) is 0 Å². The summed E-state index contributed by atoms with van der Waals surface area (Å²) in [7, 11) is 0. The summed E-state index contributed by atoms with van der Waals surface area (Å²) in [5.41, 5.74) is 0.287. The number of nitrogens with one attached hydrogen (secondary N) is 2. The van der Waals surface area contributed by atoms with Crippen molar-refractivity contribution < 1.29 is 4.79 Å². The molecule has 1 unspecified atom stereocenters. The van der Waals surface area contributed by atoms with E-state index in [0.29, 0.717) is 12.3 Å². The Labute approximate surface area is 115 Å². The van der Waals surface area contributed by atoms with Gasteiger partial charge in [0.2, 0.25) is 5.91 Å². The van der Waals surface area contributed by atoms with E-state index in [4.69, 9.17) is 23.2 Å². The van der Waals surface area contributed by atoms with Crippen molar-refractivity contribution in [1.82, 2.24) is 15.3 Å². The highest BCUT2D eigenvalue weighted by molar-refractivity contribution is 6.38. The minimum absolute atomic E-state index is 0.109. The molecule has 1 amide bonds. The quantitative estimate of drug-likeness (QED) is 0.836. The van der Waals surface area contributed by atoms with E-state index in [2.05, 4.69) is 20.6 Å². The van der Waals surface area contributed by atoms with Gasteiger partial charge in [-0.3, -0.25) is 4.79 Å². The van der Waals surface area contributed by atoms with E-state index in [1.54, 1.807) is 0 Å². The topological polar surface area (TPSA) is 66.9 Å². The number of amides is 1. The molecule has 0 bridgehead atoms. The van der Waals surface area contributed by atoms with E-state index in [9.17, 15) is 4.79 Å². The second-order valence-electron chi connectivity index (χ2n) is 4.29. The van der Waals surface area contributed by atoms with Gasteiger partial charge in [0.15, 0.2) is 10.3 Å². The molecule has 18 heavy (non-hydrogen) atoms. The van der Waals surface area contributed by atoms with Gasteiger partial charge in [-0.25, -0.2) is 9.97 Å². The number of nitrogens with zero attached hydrogens (tertiary/aromatic N) is 2. The maximum atomic E-state index is 11.9. The summed E-state index contributed by atoms with van der Waals surface area (Å²) in [6, 6.07) is 0. The monoisotopic (exact) mass is 288 g/mol. The minimum Gasteiger partial charge on any atom is -0.321 e. The van der Waals surface area contributed by atoms with Gasteiger partial charge in [-0.1, -0.05) is 23.2 Å². The van der Waals surface area contributed by atoms with Crippen LogP contribution in [0.1, 0.15) is 19.3 Å². The number of carbonyl (C=O) groups excluding carboxylic acids is 1. The fraction of sp³-hybridized carbons (Fsp3) is 0.545. The Morgan fingerprint density at radius 1 is 1.44 bits per heavy atom. The zero-order chi connectivity index (χ0) is 13.0. The smallest absolute Gasteiger partial charge is 0.224 e. The van der Waals surface area contributed by atoms with E-state index in [-0.39, 0.29) is 21.9 Å². The van der Waals surface area contributed by atoms with Crippen molar-refractivity contribution in [2.45, 2.75) is 19.3 Å². The van der Waals surface area contributed by atoms with Crippen LogP contribution in [0.2, 0.25) is 10.3 Å². The van der Waals surface area contributed by atoms with Crippen LogP contribution in [0.5, 0.6) is 0 Å². The van der Waals surface area contributed by atoms with E-state index in [1.165, 1.54) is 6.33 Å². The second kappa shape index (κ2) is 6.31. The summed E-state index contributed by atoms with van der Waals surface area (Å²) in [4.78, 5) is 19.4. The molecule has 98 valence electrons. The lowest BCUT2D eigenvalue weighted by Crippen LogP contribution is -2.32. The number of hydrogen-bond acceptors (Lipinski definition) is 4. The predicted molar refractivity (Wildman–Crippen MR) is 70.9 cm³/mol. The Kier molecular flexibility index (Phi) is 4.74. The molecule has 0 saturated carbocycles. The van der Waals surface area contributed by atoms with Crippen molar-refractivity contribution in [3.05, 3.63) is 16.6 Å². The van der Waals surface area contributed by atoms with Crippen LogP contribution < -0.4 is 10.6 Å². The average Bonchev–Trinajstić information content (AvgIpc) is 2.35. The summed E-state index contributed by atoms with van der Waals surface area (Å²) < 4.78 is 0. The van der Waals surface area contributed by atoms with Crippen LogP contribution in [-0.2, 0) is 4.79 Å². The van der Waals surface area contributed by atoms with Crippen molar-refractivity contribution in [2.75, 3.05) is 18.4 Å². The van der Waals surface area contributed by atoms with Crippen molar-refractivity contribution in [1.29, 1.82) is 0 Å². The Morgan fingerprint density at radius 3 is 2.78 bits per heavy atom. The van der Waals surface area contributed by atoms with Crippen LogP contribution in [0.4, 0.5) is 5.69 Å². The minimum atomic E-state index is -0.109. The highest BCUT2D eigenvalue weighted by Gasteiger charge is 2.18. The molecule has 1 aliphatic rings. The van der Waals surface area contributed by atoms with Gasteiger partial charge in [-0.15, -0.1) is 0 Å². The zero-order valence-electron chi connectivity index (χ0n) is 9.75. The molecule has 0 aromatic carbocycles. The lowest BCUT2D eigenvalue weighted by Gasteiger charge is -2.22. The normalized spacial score (nSPS) is 19.6. The van der Waals surface area contributed by atoms with Crippen LogP contribution in [-0.4, -0.2) is 29.0 Å². The van der Waals surface area contributed by atoms with Gasteiger partial charge < -0.3 is 10.6 Å². The molecule has 2 heterocycles.